The van der Waals surface area contributed by atoms with Gasteiger partial charge in [-0.25, -0.2) is 0 Å². The van der Waals surface area contributed by atoms with E-state index in [1.165, 1.54) is 12.0 Å². The lowest BCUT2D eigenvalue weighted by Crippen LogP contribution is -1.93. The Bertz CT molecular complexity index is 560. The molecule has 2 aromatic rings. The standard InChI is InChI=1S/C12H18O.C8H7Cl/c1-4-10(3)11-6-8-12(9-7-11)13-5-2;1-2-7-5-3-4-6-8(7)9/h6-10H,4-5H2,1-3H3;2-6H,1H2. The fraction of sp³-hybridized carbons (Fsp3) is 0.300. The summed E-state index contributed by atoms with van der Waals surface area (Å²) in [4.78, 5) is 0. The van der Waals surface area contributed by atoms with Crippen LogP contribution in [0.25, 0.3) is 6.08 Å². The van der Waals surface area contributed by atoms with Crippen LogP contribution in [0.4, 0.5) is 0 Å². The lowest BCUT2D eigenvalue weighted by Gasteiger charge is -2.09. The van der Waals surface area contributed by atoms with Crippen LogP contribution < -0.4 is 4.74 Å². The lowest BCUT2D eigenvalue weighted by molar-refractivity contribution is 0.340. The minimum absolute atomic E-state index is 0.649. The van der Waals surface area contributed by atoms with E-state index in [9.17, 15) is 0 Å². The Labute approximate surface area is 139 Å². The third-order valence-electron chi connectivity index (χ3n) is 3.50. The minimum Gasteiger partial charge on any atom is -0.494 e. The first-order valence-corrected chi connectivity index (χ1v) is 8.09. The van der Waals surface area contributed by atoms with E-state index >= 15 is 0 Å². The molecule has 0 amide bonds. The van der Waals surface area contributed by atoms with Gasteiger partial charge in [0.25, 0.3) is 0 Å². The van der Waals surface area contributed by atoms with Crippen LogP contribution in [-0.2, 0) is 0 Å². The van der Waals surface area contributed by atoms with Crippen LogP contribution in [0.5, 0.6) is 5.75 Å². The molecular weight excluding hydrogens is 292 g/mol. The van der Waals surface area contributed by atoms with Crippen molar-refractivity contribution in [3.05, 3.63) is 71.3 Å². The molecule has 118 valence electrons. The van der Waals surface area contributed by atoms with Crippen LogP contribution in [0, 0.1) is 0 Å². The topological polar surface area (TPSA) is 9.23 Å². The van der Waals surface area contributed by atoms with E-state index in [0.717, 1.165) is 22.9 Å². The first kappa shape index (κ1) is 18.3. The van der Waals surface area contributed by atoms with E-state index in [0.29, 0.717) is 5.92 Å². The van der Waals surface area contributed by atoms with Crippen molar-refractivity contribution in [2.24, 2.45) is 0 Å². The summed E-state index contributed by atoms with van der Waals surface area (Å²) in [6.07, 6.45) is 2.93. The molecule has 0 aliphatic heterocycles. The molecule has 0 aromatic heterocycles. The minimum atomic E-state index is 0.649. The summed E-state index contributed by atoms with van der Waals surface area (Å²) < 4.78 is 5.37. The van der Waals surface area contributed by atoms with Crippen LogP contribution in [0.1, 0.15) is 44.2 Å². The molecule has 1 nitrogen and oxygen atoms in total. The zero-order valence-electron chi connectivity index (χ0n) is 13.7. The molecule has 1 unspecified atom stereocenters. The first-order chi connectivity index (χ1) is 10.6. The monoisotopic (exact) mass is 316 g/mol. The Hall–Kier alpha value is -1.73. The van der Waals surface area contributed by atoms with Crippen molar-refractivity contribution in [2.75, 3.05) is 6.61 Å². The van der Waals surface area contributed by atoms with E-state index < -0.39 is 0 Å². The second-order valence-corrected chi connectivity index (χ2v) is 5.44. The Morgan fingerprint density at radius 2 is 1.73 bits per heavy atom. The summed E-state index contributed by atoms with van der Waals surface area (Å²) in [6, 6.07) is 16.0. The Morgan fingerprint density at radius 1 is 1.09 bits per heavy atom. The maximum absolute atomic E-state index is 5.75. The van der Waals surface area contributed by atoms with Crippen LogP contribution in [0.2, 0.25) is 5.02 Å². The van der Waals surface area contributed by atoms with Crippen molar-refractivity contribution >= 4 is 17.7 Å². The highest BCUT2D eigenvalue weighted by atomic mass is 35.5. The number of hydrogen-bond donors (Lipinski definition) is 0. The summed E-state index contributed by atoms with van der Waals surface area (Å²) in [5.41, 5.74) is 2.38. The zero-order valence-corrected chi connectivity index (χ0v) is 14.4. The molecule has 0 spiro atoms. The average Bonchev–Trinajstić information content (AvgIpc) is 2.56. The molecule has 0 N–H and O–H groups in total. The fourth-order valence-corrected chi connectivity index (χ4v) is 2.15. The summed E-state index contributed by atoms with van der Waals surface area (Å²) in [5.74, 6) is 1.62. The quantitative estimate of drug-likeness (QED) is 0.605. The zero-order chi connectivity index (χ0) is 16.4. The van der Waals surface area contributed by atoms with Crippen LogP contribution in [0.15, 0.2) is 55.1 Å². The van der Waals surface area contributed by atoms with Gasteiger partial charge in [-0.3, -0.25) is 0 Å². The average molecular weight is 317 g/mol. The predicted molar refractivity (Wildman–Crippen MR) is 97.9 cm³/mol. The van der Waals surface area contributed by atoms with Crippen LogP contribution >= 0.6 is 11.6 Å². The maximum Gasteiger partial charge on any atom is 0.119 e. The molecule has 0 aliphatic carbocycles. The van der Waals surface area contributed by atoms with Gasteiger partial charge in [-0.1, -0.05) is 68.4 Å². The molecule has 2 aromatic carbocycles. The molecule has 0 bridgehead atoms. The van der Waals surface area contributed by atoms with Gasteiger partial charge in [0.1, 0.15) is 5.75 Å². The predicted octanol–water partition coefficient (Wildman–Crippen LogP) is 6.58. The molecule has 0 radical (unpaired) electrons. The Kier molecular flexibility index (Phi) is 8.39. The maximum atomic E-state index is 5.75. The molecule has 0 saturated heterocycles. The first-order valence-electron chi connectivity index (χ1n) is 7.72. The summed E-state index contributed by atoms with van der Waals surface area (Å²) in [5, 5.41) is 0.757. The number of hydrogen-bond acceptors (Lipinski definition) is 1. The lowest BCUT2D eigenvalue weighted by atomic mass is 9.99. The van der Waals surface area contributed by atoms with E-state index in [2.05, 4.69) is 32.6 Å². The van der Waals surface area contributed by atoms with Gasteiger partial charge in [0.05, 0.1) is 6.61 Å². The van der Waals surface area contributed by atoms with Crippen molar-refractivity contribution < 1.29 is 4.74 Å². The number of rotatable bonds is 5. The van der Waals surface area contributed by atoms with Gasteiger partial charge in [0.15, 0.2) is 0 Å². The third kappa shape index (κ3) is 5.95. The Balaban J connectivity index is 0.000000235. The molecule has 0 heterocycles. The van der Waals surface area contributed by atoms with Gasteiger partial charge in [0, 0.05) is 5.02 Å². The highest BCUT2D eigenvalue weighted by molar-refractivity contribution is 6.32. The van der Waals surface area contributed by atoms with Gasteiger partial charge in [0.2, 0.25) is 0 Å². The largest absolute Gasteiger partial charge is 0.494 e. The highest BCUT2D eigenvalue weighted by Gasteiger charge is 2.01. The SMILES string of the molecule is C=Cc1ccccc1Cl.CCOc1ccc(C(C)CC)cc1. The Morgan fingerprint density at radius 3 is 2.18 bits per heavy atom. The van der Waals surface area contributed by atoms with Gasteiger partial charge in [-0.05, 0) is 48.6 Å². The van der Waals surface area contributed by atoms with Crippen LogP contribution in [0.3, 0.4) is 0 Å². The molecular formula is C20H25ClO. The van der Waals surface area contributed by atoms with Gasteiger partial charge in [-0.15, -0.1) is 0 Å². The van der Waals surface area contributed by atoms with Crippen molar-refractivity contribution in [3.63, 3.8) is 0 Å². The second kappa shape index (κ2) is 10.1. The van der Waals surface area contributed by atoms with E-state index in [1.807, 2.05) is 43.3 Å². The van der Waals surface area contributed by atoms with E-state index in [4.69, 9.17) is 16.3 Å². The summed E-state index contributed by atoms with van der Waals surface area (Å²) in [6.45, 7) is 10.8. The normalized spacial score (nSPS) is 11.1. The fourth-order valence-electron chi connectivity index (χ4n) is 1.94. The van der Waals surface area contributed by atoms with Crippen molar-refractivity contribution in [1.82, 2.24) is 0 Å². The molecule has 0 saturated carbocycles. The van der Waals surface area contributed by atoms with Crippen molar-refractivity contribution in [3.8, 4) is 5.75 Å². The smallest absolute Gasteiger partial charge is 0.119 e. The van der Waals surface area contributed by atoms with E-state index in [1.54, 1.807) is 6.08 Å². The third-order valence-corrected chi connectivity index (χ3v) is 3.84. The van der Waals surface area contributed by atoms with E-state index in [-0.39, 0.29) is 0 Å². The van der Waals surface area contributed by atoms with Gasteiger partial charge in [-0.2, -0.15) is 0 Å². The molecule has 2 rings (SSSR count). The summed E-state index contributed by atoms with van der Waals surface area (Å²) in [7, 11) is 0. The highest BCUT2D eigenvalue weighted by Crippen LogP contribution is 2.21. The van der Waals surface area contributed by atoms with Crippen molar-refractivity contribution in [1.29, 1.82) is 0 Å². The van der Waals surface area contributed by atoms with Crippen LogP contribution in [-0.4, -0.2) is 6.61 Å². The molecule has 22 heavy (non-hydrogen) atoms. The molecule has 0 fully saturated rings. The van der Waals surface area contributed by atoms with Gasteiger partial charge < -0.3 is 4.74 Å². The number of ether oxygens (including phenoxy) is 1. The number of halogens is 1. The molecule has 2 heteroatoms. The van der Waals surface area contributed by atoms with Crippen molar-refractivity contribution in [2.45, 2.75) is 33.1 Å². The second-order valence-electron chi connectivity index (χ2n) is 5.04. The molecule has 0 aliphatic rings. The molecule has 1 atom stereocenters. The summed E-state index contributed by atoms with van der Waals surface area (Å²) >= 11 is 5.75. The number of benzene rings is 2. The van der Waals surface area contributed by atoms with Gasteiger partial charge >= 0.3 is 0 Å².